The third kappa shape index (κ3) is 2.67. The minimum Gasteiger partial charge on any atom is -0.395 e. The highest BCUT2D eigenvalue weighted by Gasteiger charge is 2.30. The van der Waals surface area contributed by atoms with Crippen LogP contribution >= 0.6 is 12.6 Å². The number of nitrogens with zero attached hydrogens (tertiary/aromatic N) is 1. The maximum Gasteiger partial charge on any atom is 0.257 e. The minimum absolute atomic E-state index is 0.0304. The first-order valence-electron chi connectivity index (χ1n) is 6.04. The molecule has 0 spiro atoms. The van der Waals surface area contributed by atoms with Crippen molar-refractivity contribution in [2.75, 3.05) is 13.2 Å². The zero-order valence-electron chi connectivity index (χ0n) is 9.97. The molecule has 2 rings (SSSR count). The quantitative estimate of drug-likeness (QED) is 0.822. The fourth-order valence-electron chi connectivity index (χ4n) is 2.09. The molecular weight excluding hydrogens is 253 g/mol. The van der Waals surface area contributed by atoms with Crippen LogP contribution in [0.15, 0.2) is 23.1 Å². The van der Waals surface area contributed by atoms with Gasteiger partial charge in [0.1, 0.15) is 5.82 Å². The van der Waals surface area contributed by atoms with Crippen molar-refractivity contribution in [3.63, 3.8) is 0 Å². The molecule has 0 aliphatic heterocycles. The van der Waals surface area contributed by atoms with Crippen LogP contribution in [0.4, 0.5) is 4.39 Å². The van der Waals surface area contributed by atoms with Gasteiger partial charge in [-0.2, -0.15) is 0 Å². The molecule has 1 aromatic carbocycles. The van der Waals surface area contributed by atoms with Crippen LogP contribution in [0, 0.1) is 5.82 Å². The van der Waals surface area contributed by atoms with E-state index in [4.69, 9.17) is 5.11 Å². The normalized spacial score (nSPS) is 15.3. The number of thiol groups is 1. The van der Waals surface area contributed by atoms with Crippen LogP contribution < -0.4 is 0 Å². The first kappa shape index (κ1) is 13.4. The van der Waals surface area contributed by atoms with Gasteiger partial charge in [-0.05, 0) is 37.5 Å². The summed E-state index contributed by atoms with van der Waals surface area (Å²) in [5, 5.41) is 9.02. The van der Waals surface area contributed by atoms with E-state index in [2.05, 4.69) is 12.6 Å². The molecule has 98 valence electrons. The Balaban J connectivity index is 2.23. The molecule has 1 fully saturated rings. The Morgan fingerprint density at radius 1 is 1.50 bits per heavy atom. The van der Waals surface area contributed by atoms with Gasteiger partial charge in [0.05, 0.1) is 12.2 Å². The molecule has 18 heavy (non-hydrogen) atoms. The average Bonchev–Trinajstić information content (AvgIpc) is 2.28. The van der Waals surface area contributed by atoms with Crippen molar-refractivity contribution < 1.29 is 14.3 Å². The number of amides is 1. The van der Waals surface area contributed by atoms with Gasteiger partial charge in [-0.3, -0.25) is 4.79 Å². The number of hydrogen-bond donors (Lipinski definition) is 2. The van der Waals surface area contributed by atoms with Crippen LogP contribution in [0.3, 0.4) is 0 Å². The Labute approximate surface area is 111 Å². The van der Waals surface area contributed by atoms with Crippen molar-refractivity contribution in [1.82, 2.24) is 4.90 Å². The Kier molecular flexibility index (Phi) is 4.24. The molecule has 0 saturated heterocycles. The molecule has 1 aliphatic rings. The van der Waals surface area contributed by atoms with Gasteiger partial charge in [0.2, 0.25) is 0 Å². The van der Waals surface area contributed by atoms with E-state index in [-0.39, 0.29) is 30.7 Å². The monoisotopic (exact) mass is 269 g/mol. The first-order chi connectivity index (χ1) is 8.63. The summed E-state index contributed by atoms with van der Waals surface area (Å²) in [6.45, 7) is 0.143. The number of carbonyl (C=O) groups excluding carboxylic acids is 1. The number of halogens is 1. The highest BCUT2D eigenvalue weighted by molar-refractivity contribution is 7.80. The van der Waals surface area contributed by atoms with Gasteiger partial charge in [0, 0.05) is 17.5 Å². The summed E-state index contributed by atoms with van der Waals surface area (Å²) in [5.74, 6) is -0.901. The Bertz CT molecular complexity index is 449. The third-order valence-electron chi connectivity index (χ3n) is 3.30. The van der Waals surface area contributed by atoms with Crippen LogP contribution in [0.2, 0.25) is 0 Å². The molecule has 0 atom stereocenters. The second-order valence-electron chi connectivity index (χ2n) is 4.47. The van der Waals surface area contributed by atoms with Crippen LogP contribution in [-0.4, -0.2) is 35.1 Å². The molecule has 0 aromatic heterocycles. The predicted molar refractivity (Wildman–Crippen MR) is 69.4 cm³/mol. The zero-order valence-corrected chi connectivity index (χ0v) is 10.9. The summed E-state index contributed by atoms with van der Waals surface area (Å²) >= 11 is 4.12. The maximum atomic E-state index is 13.7. The van der Waals surface area contributed by atoms with Crippen LogP contribution in [-0.2, 0) is 0 Å². The first-order valence-corrected chi connectivity index (χ1v) is 6.48. The van der Waals surface area contributed by atoms with Crippen molar-refractivity contribution in [1.29, 1.82) is 0 Å². The second kappa shape index (κ2) is 5.71. The molecule has 1 aromatic rings. The van der Waals surface area contributed by atoms with Gasteiger partial charge in [-0.15, -0.1) is 12.6 Å². The maximum absolute atomic E-state index is 13.7. The summed E-state index contributed by atoms with van der Waals surface area (Å²) in [6.07, 6.45) is 2.93. The Hall–Kier alpha value is -1.07. The van der Waals surface area contributed by atoms with Gasteiger partial charge >= 0.3 is 0 Å². The number of benzene rings is 1. The SMILES string of the molecule is O=C(c1cc(S)ccc1F)N(CCO)C1CCC1. The average molecular weight is 269 g/mol. The topological polar surface area (TPSA) is 40.5 Å². The summed E-state index contributed by atoms with van der Waals surface area (Å²) in [5.41, 5.74) is 0.0304. The third-order valence-corrected chi connectivity index (χ3v) is 3.58. The van der Waals surface area contributed by atoms with Crippen molar-refractivity contribution in [3.8, 4) is 0 Å². The Morgan fingerprint density at radius 2 is 2.22 bits per heavy atom. The highest BCUT2D eigenvalue weighted by atomic mass is 32.1. The van der Waals surface area contributed by atoms with E-state index < -0.39 is 5.82 Å². The van der Waals surface area contributed by atoms with E-state index in [0.29, 0.717) is 4.90 Å². The smallest absolute Gasteiger partial charge is 0.257 e. The standard InChI is InChI=1S/C13H16FNO2S/c14-12-5-4-10(18)8-11(12)13(17)15(6-7-16)9-2-1-3-9/h4-5,8-9,16,18H,1-3,6-7H2. The van der Waals surface area contributed by atoms with Crippen molar-refractivity contribution >= 4 is 18.5 Å². The number of aliphatic hydroxyl groups excluding tert-OH is 1. The van der Waals surface area contributed by atoms with Gasteiger partial charge in [-0.25, -0.2) is 4.39 Å². The van der Waals surface area contributed by atoms with Crippen LogP contribution in [0.1, 0.15) is 29.6 Å². The van der Waals surface area contributed by atoms with E-state index >= 15 is 0 Å². The fourth-order valence-corrected chi connectivity index (χ4v) is 2.29. The van der Waals surface area contributed by atoms with Gasteiger partial charge in [0.15, 0.2) is 0 Å². The number of carbonyl (C=O) groups is 1. The minimum atomic E-state index is -0.542. The fraction of sp³-hybridized carbons (Fsp3) is 0.462. The van der Waals surface area contributed by atoms with E-state index in [1.165, 1.54) is 18.2 Å². The summed E-state index contributed by atoms with van der Waals surface area (Å²) in [6, 6.07) is 4.32. The lowest BCUT2D eigenvalue weighted by Crippen LogP contribution is -2.45. The lowest BCUT2D eigenvalue weighted by molar-refractivity contribution is 0.0521. The summed E-state index contributed by atoms with van der Waals surface area (Å²) in [7, 11) is 0. The molecule has 0 unspecified atom stereocenters. The molecule has 1 amide bonds. The Morgan fingerprint density at radius 3 is 2.78 bits per heavy atom. The molecule has 1 N–H and O–H groups in total. The molecule has 5 heteroatoms. The van der Waals surface area contributed by atoms with Gasteiger partial charge < -0.3 is 10.0 Å². The van der Waals surface area contributed by atoms with Crippen LogP contribution in [0.25, 0.3) is 0 Å². The number of hydrogen-bond acceptors (Lipinski definition) is 3. The van der Waals surface area contributed by atoms with Crippen molar-refractivity contribution in [2.45, 2.75) is 30.2 Å². The lowest BCUT2D eigenvalue weighted by atomic mass is 9.91. The lowest BCUT2D eigenvalue weighted by Gasteiger charge is -2.37. The molecule has 0 radical (unpaired) electrons. The number of aliphatic hydroxyl groups is 1. The largest absolute Gasteiger partial charge is 0.395 e. The van der Waals surface area contributed by atoms with E-state index in [1.807, 2.05) is 0 Å². The van der Waals surface area contributed by atoms with Gasteiger partial charge in [0.25, 0.3) is 5.91 Å². The van der Waals surface area contributed by atoms with Crippen LogP contribution in [0.5, 0.6) is 0 Å². The molecule has 1 aliphatic carbocycles. The molecule has 3 nitrogen and oxygen atoms in total. The molecular formula is C13H16FNO2S. The summed E-state index contributed by atoms with van der Waals surface area (Å²) < 4.78 is 13.7. The van der Waals surface area contributed by atoms with Gasteiger partial charge in [-0.1, -0.05) is 0 Å². The molecule has 1 saturated carbocycles. The molecule has 0 bridgehead atoms. The summed E-state index contributed by atoms with van der Waals surface area (Å²) in [4.78, 5) is 14.4. The highest BCUT2D eigenvalue weighted by Crippen LogP contribution is 2.27. The zero-order chi connectivity index (χ0) is 13.1. The van der Waals surface area contributed by atoms with Crippen molar-refractivity contribution in [2.24, 2.45) is 0 Å². The molecule has 0 heterocycles. The number of rotatable bonds is 4. The van der Waals surface area contributed by atoms with Crippen molar-refractivity contribution in [3.05, 3.63) is 29.6 Å². The second-order valence-corrected chi connectivity index (χ2v) is 4.99. The predicted octanol–water partition coefficient (Wildman–Crippen LogP) is 2.10. The van der Waals surface area contributed by atoms with E-state index in [0.717, 1.165) is 19.3 Å². The van der Waals surface area contributed by atoms with E-state index in [1.54, 1.807) is 4.90 Å². The van der Waals surface area contributed by atoms with E-state index in [9.17, 15) is 9.18 Å².